The highest BCUT2D eigenvalue weighted by Gasteiger charge is 2.22. The fourth-order valence-corrected chi connectivity index (χ4v) is 8.52. The predicted octanol–water partition coefficient (Wildman–Crippen LogP) is 13.8. The summed E-state index contributed by atoms with van der Waals surface area (Å²) < 4.78 is 6.36. The van der Waals surface area contributed by atoms with Crippen LogP contribution in [0.3, 0.4) is 0 Å². The minimum absolute atomic E-state index is 0.938. The topological polar surface area (TPSA) is 13.1 Å². The van der Waals surface area contributed by atoms with Crippen LogP contribution in [0, 0.1) is 0 Å². The quantitative estimate of drug-likeness (QED) is 0.141. The fourth-order valence-electron chi connectivity index (χ4n) is 8.52. The molecular weight excluding hydrogens is 593 g/mol. The van der Waals surface area contributed by atoms with E-state index in [1.165, 1.54) is 98.0 Å². The van der Waals surface area contributed by atoms with E-state index in [9.17, 15) is 0 Å². The molecule has 1 heteroatoms. The van der Waals surface area contributed by atoms with Gasteiger partial charge in [-0.25, -0.2) is 0 Å². The summed E-state index contributed by atoms with van der Waals surface area (Å²) in [4.78, 5) is 0. The lowest BCUT2D eigenvalue weighted by atomic mass is 9.82. The molecule has 226 valence electrons. The van der Waals surface area contributed by atoms with E-state index >= 15 is 0 Å². The van der Waals surface area contributed by atoms with E-state index in [1.54, 1.807) is 0 Å². The van der Waals surface area contributed by atoms with Crippen molar-refractivity contribution in [1.82, 2.24) is 0 Å². The summed E-state index contributed by atoms with van der Waals surface area (Å²) in [6, 6.07) is 62.2. The Labute approximate surface area is 282 Å². The van der Waals surface area contributed by atoms with Gasteiger partial charge in [0.15, 0.2) is 0 Å². The van der Waals surface area contributed by atoms with E-state index in [2.05, 4.69) is 170 Å². The number of rotatable bonds is 3. The van der Waals surface area contributed by atoms with Gasteiger partial charge >= 0.3 is 0 Å². The zero-order valence-electron chi connectivity index (χ0n) is 26.6. The van der Waals surface area contributed by atoms with E-state index in [-0.39, 0.29) is 0 Å². The first-order valence-electron chi connectivity index (χ1n) is 16.9. The van der Waals surface area contributed by atoms with Gasteiger partial charge in [-0.1, -0.05) is 146 Å². The molecular formula is C48H28O. The van der Waals surface area contributed by atoms with Gasteiger partial charge in [0.05, 0.1) is 0 Å². The van der Waals surface area contributed by atoms with Gasteiger partial charge < -0.3 is 4.42 Å². The van der Waals surface area contributed by atoms with Crippen LogP contribution in [0.15, 0.2) is 174 Å². The van der Waals surface area contributed by atoms with Crippen LogP contribution < -0.4 is 0 Å². The number of hydrogen-bond donors (Lipinski definition) is 0. The lowest BCUT2D eigenvalue weighted by Crippen LogP contribution is -1.93. The molecule has 0 amide bonds. The van der Waals surface area contributed by atoms with Crippen LogP contribution in [-0.4, -0.2) is 0 Å². The molecule has 0 saturated heterocycles. The van der Waals surface area contributed by atoms with Crippen molar-refractivity contribution in [2.75, 3.05) is 0 Å². The van der Waals surface area contributed by atoms with Crippen molar-refractivity contribution in [3.8, 4) is 33.4 Å². The summed E-state index contributed by atoms with van der Waals surface area (Å²) in [5.41, 5.74) is 9.34. The normalized spacial score (nSPS) is 12.1. The summed E-state index contributed by atoms with van der Waals surface area (Å²) >= 11 is 0. The predicted molar refractivity (Wildman–Crippen MR) is 209 cm³/mol. The number of furan rings is 1. The maximum Gasteiger partial charge on any atom is 0.136 e. The third kappa shape index (κ3) is 3.76. The van der Waals surface area contributed by atoms with Crippen LogP contribution in [0.1, 0.15) is 0 Å². The molecule has 0 aliphatic heterocycles. The molecule has 0 saturated carbocycles. The van der Waals surface area contributed by atoms with Gasteiger partial charge in [0.1, 0.15) is 11.2 Å². The highest BCUT2D eigenvalue weighted by atomic mass is 16.3. The van der Waals surface area contributed by atoms with E-state index in [0.29, 0.717) is 0 Å². The maximum atomic E-state index is 6.36. The molecule has 10 aromatic carbocycles. The van der Waals surface area contributed by atoms with Crippen LogP contribution in [0.5, 0.6) is 0 Å². The highest BCUT2D eigenvalue weighted by Crippen LogP contribution is 2.49. The van der Waals surface area contributed by atoms with Crippen LogP contribution in [0.25, 0.3) is 109 Å². The summed E-state index contributed by atoms with van der Waals surface area (Å²) in [5, 5.41) is 14.9. The SMILES string of the molecule is c1ccc(-c2c3ccccc3c(-c3cc4cccc5oc6cccc3c6c45)c3ccccc23)c(-c2ccc3c(ccc4ccccc43)c2)c1. The van der Waals surface area contributed by atoms with Gasteiger partial charge in [-0.2, -0.15) is 0 Å². The largest absolute Gasteiger partial charge is 0.456 e. The Morgan fingerprint density at radius 2 is 0.816 bits per heavy atom. The van der Waals surface area contributed by atoms with Gasteiger partial charge in [-0.05, 0) is 112 Å². The van der Waals surface area contributed by atoms with Gasteiger partial charge in [0.25, 0.3) is 0 Å². The molecule has 1 aromatic heterocycles. The van der Waals surface area contributed by atoms with Gasteiger partial charge in [0.2, 0.25) is 0 Å². The van der Waals surface area contributed by atoms with Crippen LogP contribution in [-0.2, 0) is 0 Å². The fraction of sp³-hybridized carbons (Fsp3) is 0. The van der Waals surface area contributed by atoms with Crippen molar-refractivity contribution in [1.29, 1.82) is 0 Å². The van der Waals surface area contributed by atoms with Crippen molar-refractivity contribution in [3.63, 3.8) is 0 Å². The molecule has 0 bridgehead atoms. The van der Waals surface area contributed by atoms with Crippen molar-refractivity contribution in [3.05, 3.63) is 170 Å². The van der Waals surface area contributed by atoms with Gasteiger partial charge in [-0.3, -0.25) is 0 Å². The highest BCUT2D eigenvalue weighted by molar-refractivity contribution is 6.30. The second-order valence-corrected chi connectivity index (χ2v) is 13.2. The molecule has 0 aliphatic rings. The summed E-state index contributed by atoms with van der Waals surface area (Å²) in [6.45, 7) is 0. The van der Waals surface area contributed by atoms with E-state index in [4.69, 9.17) is 4.42 Å². The first kappa shape index (κ1) is 26.6. The summed E-state index contributed by atoms with van der Waals surface area (Å²) in [7, 11) is 0. The van der Waals surface area contributed by atoms with E-state index < -0.39 is 0 Å². The van der Waals surface area contributed by atoms with Gasteiger partial charge in [-0.15, -0.1) is 0 Å². The zero-order valence-corrected chi connectivity index (χ0v) is 26.6. The average molecular weight is 621 g/mol. The Morgan fingerprint density at radius 1 is 0.286 bits per heavy atom. The summed E-state index contributed by atoms with van der Waals surface area (Å²) in [5.74, 6) is 0. The number of benzene rings is 10. The third-order valence-electron chi connectivity index (χ3n) is 10.6. The molecule has 0 N–H and O–H groups in total. The van der Waals surface area contributed by atoms with E-state index in [1.807, 2.05) is 0 Å². The minimum atomic E-state index is 0.938. The minimum Gasteiger partial charge on any atom is -0.456 e. The Kier molecular flexibility index (Phi) is 5.45. The van der Waals surface area contributed by atoms with Gasteiger partial charge in [0, 0.05) is 10.8 Å². The third-order valence-corrected chi connectivity index (χ3v) is 10.6. The molecule has 1 nitrogen and oxygen atoms in total. The first-order valence-corrected chi connectivity index (χ1v) is 16.9. The molecule has 11 aromatic rings. The Morgan fingerprint density at radius 3 is 1.57 bits per heavy atom. The molecule has 11 rings (SSSR count). The molecule has 0 aliphatic carbocycles. The average Bonchev–Trinajstić information content (AvgIpc) is 3.56. The summed E-state index contributed by atoms with van der Waals surface area (Å²) in [6.07, 6.45) is 0. The van der Waals surface area contributed by atoms with Crippen LogP contribution in [0.4, 0.5) is 0 Å². The molecule has 0 radical (unpaired) electrons. The van der Waals surface area contributed by atoms with Crippen molar-refractivity contribution in [2.24, 2.45) is 0 Å². The first-order chi connectivity index (χ1) is 24.3. The maximum absolute atomic E-state index is 6.36. The molecule has 0 unspecified atom stereocenters. The van der Waals surface area contributed by atoms with Crippen molar-refractivity contribution >= 4 is 75.8 Å². The molecule has 0 fully saturated rings. The molecule has 0 atom stereocenters. The van der Waals surface area contributed by atoms with Crippen molar-refractivity contribution in [2.45, 2.75) is 0 Å². The smallest absolute Gasteiger partial charge is 0.136 e. The molecule has 49 heavy (non-hydrogen) atoms. The standard InChI is InChI=1S/C48H28O/c1-2-13-33-29(11-1)23-24-30-27-31(25-26-35(30)33)34-14-3-4-15-36(34)46-37-16-5-7-18-39(37)47(40-19-8-6-17-38(40)46)42-28-32-12-9-21-43-45(32)48-41(42)20-10-22-44(48)49-43/h1-28H. The monoisotopic (exact) mass is 620 g/mol. The molecule has 0 spiro atoms. The van der Waals surface area contributed by atoms with Crippen LogP contribution >= 0.6 is 0 Å². The zero-order chi connectivity index (χ0) is 32.1. The molecule has 1 heterocycles. The second kappa shape index (κ2) is 10.0. The lowest BCUT2D eigenvalue weighted by molar-refractivity contribution is 0.669. The lowest BCUT2D eigenvalue weighted by Gasteiger charge is -2.21. The Hall–Kier alpha value is -6.44. The Balaban J connectivity index is 1.22. The number of fused-ring (bicyclic) bond motifs is 5. The van der Waals surface area contributed by atoms with E-state index in [0.717, 1.165) is 11.2 Å². The second-order valence-electron chi connectivity index (χ2n) is 13.2. The van der Waals surface area contributed by atoms with Crippen molar-refractivity contribution < 1.29 is 4.42 Å². The number of hydrogen-bond acceptors (Lipinski definition) is 1. The van der Waals surface area contributed by atoms with Crippen LogP contribution in [0.2, 0.25) is 0 Å². The Bertz CT molecular complexity index is 3050.